The zero-order chi connectivity index (χ0) is 23.5. The van der Waals surface area contributed by atoms with Gasteiger partial charge in [0.1, 0.15) is 29.9 Å². The van der Waals surface area contributed by atoms with Gasteiger partial charge in [0.2, 0.25) is 0 Å². The Labute approximate surface area is 194 Å². The molecule has 2 heterocycles. The molecule has 0 fully saturated rings. The average molecular weight is 472 g/mol. The van der Waals surface area contributed by atoms with Crippen LogP contribution in [0.2, 0.25) is 0 Å². The molecule has 0 aliphatic rings. The van der Waals surface area contributed by atoms with Crippen LogP contribution < -0.4 is 14.8 Å². The largest absolute Gasteiger partial charge is 0.497 e. The molecule has 174 valence electrons. The highest BCUT2D eigenvalue weighted by atomic mass is 32.2. The molecule has 2 aromatic heterocycles. The lowest BCUT2D eigenvalue weighted by atomic mass is 10.2. The highest BCUT2D eigenvalue weighted by Crippen LogP contribution is 2.27. The first-order valence-electron chi connectivity index (χ1n) is 10.0. The minimum atomic E-state index is -1.61. The predicted octanol–water partition coefficient (Wildman–Crippen LogP) is 3.04. The van der Waals surface area contributed by atoms with Crippen molar-refractivity contribution < 1.29 is 28.0 Å². The Kier molecular flexibility index (Phi) is 9.31. The zero-order valence-electron chi connectivity index (χ0n) is 18.4. The minimum absolute atomic E-state index is 0.102. The summed E-state index contributed by atoms with van der Waals surface area (Å²) < 4.78 is 34.4. The molecule has 3 rings (SSSR count). The normalized spacial score (nSPS) is 11.6. The van der Waals surface area contributed by atoms with Gasteiger partial charge in [-0.05, 0) is 30.3 Å². The summed E-state index contributed by atoms with van der Waals surface area (Å²) in [5.74, 6) is 0.819. The first-order valence-corrected chi connectivity index (χ1v) is 11.4. The van der Waals surface area contributed by atoms with E-state index in [1.165, 1.54) is 6.20 Å². The van der Waals surface area contributed by atoms with Crippen molar-refractivity contribution in [3.05, 3.63) is 72.2 Å². The Hall–Kier alpha value is -3.34. The fraction of sp³-hybridized carbons (Fsp3) is 0.261. The van der Waals surface area contributed by atoms with Crippen molar-refractivity contribution in [3.63, 3.8) is 0 Å². The molecule has 10 heteroatoms. The summed E-state index contributed by atoms with van der Waals surface area (Å²) in [6.07, 6.45) is 4.65. The van der Waals surface area contributed by atoms with E-state index in [1.54, 1.807) is 69.1 Å². The van der Waals surface area contributed by atoms with Crippen LogP contribution in [0.4, 0.5) is 5.69 Å². The Bertz CT molecular complexity index is 1080. The predicted molar refractivity (Wildman–Crippen MR) is 123 cm³/mol. The molecular formula is C23H25N3O6S. The number of hydrogen-bond acceptors (Lipinski definition) is 8. The van der Waals surface area contributed by atoms with E-state index in [4.69, 9.17) is 18.9 Å². The van der Waals surface area contributed by atoms with Crippen LogP contribution in [0.25, 0.3) is 0 Å². The van der Waals surface area contributed by atoms with Crippen molar-refractivity contribution >= 4 is 22.4 Å². The molecule has 0 saturated carbocycles. The summed E-state index contributed by atoms with van der Waals surface area (Å²) in [5, 5.41) is 2.96. The number of carbonyl (C=O) groups is 1. The summed E-state index contributed by atoms with van der Waals surface area (Å²) in [6, 6.07) is 11.8. The van der Waals surface area contributed by atoms with E-state index >= 15 is 0 Å². The number of nitrogens with zero attached hydrogens (tertiary/aromatic N) is 2. The van der Waals surface area contributed by atoms with Crippen LogP contribution in [-0.2, 0) is 26.0 Å². The van der Waals surface area contributed by atoms with Crippen molar-refractivity contribution in [3.8, 4) is 11.5 Å². The third-order valence-electron chi connectivity index (χ3n) is 4.42. The molecule has 1 N–H and O–H groups in total. The van der Waals surface area contributed by atoms with Crippen molar-refractivity contribution in [2.24, 2.45) is 0 Å². The molecule has 0 spiro atoms. The maximum absolute atomic E-state index is 13.2. The SMILES string of the molecule is COCOCCOc1cc(OC)ccc1CS(=O)c1ncccc1C(=O)Nc1ccncc1. The molecule has 1 unspecified atom stereocenters. The molecule has 0 saturated heterocycles. The zero-order valence-corrected chi connectivity index (χ0v) is 19.2. The summed E-state index contributed by atoms with van der Waals surface area (Å²) in [7, 11) is 1.49. The van der Waals surface area contributed by atoms with Crippen LogP contribution in [0.15, 0.2) is 66.1 Å². The number of ether oxygens (including phenoxy) is 4. The first kappa shape index (κ1) is 24.3. The Morgan fingerprint density at radius 2 is 1.88 bits per heavy atom. The number of nitrogens with one attached hydrogen (secondary N) is 1. The number of hydrogen-bond donors (Lipinski definition) is 1. The maximum Gasteiger partial charge on any atom is 0.258 e. The quantitative estimate of drug-likeness (QED) is 0.317. The van der Waals surface area contributed by atoms with Gasteiger partial charge in [-0.15, -0.1) is 0 Å². The molecule has 0 bridgehead atoms. The fourth-order valence-electron chi connectivity index (χ4n) is 2.86. The van der Waals surface area contributed by atoms with Gasteiger partial charge < -0.3 is 24.3 Å². The molecule has 1 atom stereocenters. The molecular weight excluding hydrogens is 446 g/mol. The molecule has 33 heavy (non-hydrogen) atoms. The van der Waals surface area contributed by atoms with E-state index in [9.17, 15) is 9.00 Å². The van der Waals surface area contributed by atoms with Gasteiger partial charge in [0.25, 0.3) is 5.91 Å². The van der Waals surface area contributed by atoms with Gasteiger partial charge in [-0.25, -0.2) is 4.98 Å². The molecule has 9 nitrogen and oxygen atoms in total. The van der Waals surface area contributed by atoms with Crippen molar-refractivity contribution in [1.82, 2.24) is 9.97 Å². The third-order valence-corrected chi connectivity index (χ3v) is 5.75. The number of benzene rings is 1. The number of carbonyl (C=O) groups excluding carboxylic acids is 1. The summed E-state index contributed by atoms with van der Waals surface area (Å²) in [4.78, 5) is 20.9. The summed E-state index contributed by atoms with van der Waals surface area (Å²) in [5.41, 5.74) is 1.50. The standard InChI is InChI=1S/C23H25N3O6S/c1-29-16-31-12-13-32-21-14-19(30-2)6-5-17(21)15-33(28)23-20(4-3-9-25-23)22(27)26-18-7-10-24-11-8-18/h3-11,14H,12-13,15-16H2,1-2H3,(H,24,26,27). The van der Waals surface area contributed by atoms with E-state index in [-0.39, 0.29) is 29.7 Å². The second-order valence-electron chi connectivity index (χ2n) is 6.67. The number of pyridine rings is 2. The Morgan fingerprint density at radius 1 is 1.06 bits per heavy atom. The molecule has 0 aliphatic carbocycles. The average Bonchev–Trinajstić information content (AvgIpc) is 2.85. The second-order valence-corrected chi connectivity index (χ2v) is 8.04. The van der Waals surface area contributed by atoms with Gasteiger partial charge in [-0.1, -0.05) is 6.07 Å². The van der Waals surface area contributed by atoms with Gasteiger partial charge in [0.05, 0.1) is 35.8 Å². The highest BCUT2D eigenvalue weighted by molar-refractivity contribution is 7.84. The molecule has 3 aromatic rings. The number of rotatable bonds is 12. The topological polar surface area (TPSA) is 109 Å². The molecule has 0 radical (unpaired) electrons. The van der Waals surface area contributed by atoms with E-state index in [0.717, 1.165) is 0 Å². The lowest BCUT2D eigenvalue weighted by Crippen LogP contribution is -2.16. The van der Waals surface area contributed by atoms with E-state index < -0.39 is 16.7 Å². The van der Waals surface area contributed by atoms with E-state index in [1.807, 2.05) is 0 Å². The van der Waals surface area contributed by atoms with Crippen LogP contribution in [0.5, 0.6) is 11.5 Å². The van der Waals surface area contributed by atoms with Gasteiger partial charge in [0.15, 0.2) is 0 Å². The van der Waals surface area contributed by atoms with E-state index in [0.29, 0.717) is 29.4 Å². The van der Waals surface area contributed by atoms with Crippen LogP contribution >= 0.6 is 0 Å². The maximum atomic E-state index is 13.2. The fourth-order valence-corrected chi connectivity index (χ4v) is 4.10. The van der Waals surface area contributed by atoms with Gasteiger partial charge in [-0.3, -0.25) is 14.0 Å². The van der Waals surface area contributed by atoms with Crippen LogP contribution in [-0.4, -0.2) is 54.3 Å². The summed E-state index contributed by atoms with van der Waals surface area (Å²) >= 11 is 0. The first-order chi connectivity index (χ1) is 16.1. The van der Waals surface area contributed by atoms with Crippen molar-refractivity contribution in [1.29, 1.82) is 0 Å². The third kappa shape index (κ3) is 7.07. The molecule has 0 aliphatic heterocycles. The van der Waals surface area contributed by atoms with Gasteiger partial charge in [0, 0.05) is 43.0 Å². The number of methoxy groups -OCH3 is 2. The smallest absolute Gasteiger partial charge is 0.258 e. The van der Waals surface area contributed by atoms with Crippen LogP contribution in [0, 0.1) is 0 Å². The number of anilines is 1. The lowest BCUT2D eigenvalue weighted by molar-refractivity contribution is -0.0388. The second kappa shape index (κ2) is 12.6. The minimum Gasteiger partial charge on any atom is -0.497 e. The number of amides is 1. The van der Waals surface area contributed by atoms with Crippen LogP contribution in [0.1, 0.15) is 15.9 Å². The Morgan fingerprint density at radius 3 is 2.64 bits per heavy atom. The van der Waals surface area contributed by atoms with Crippen LogP contribution in [0.3, 0.4) is 0 Å². The van der Waals surface area contributed by atoms with Gasteiger partial charge >= 0.3 is 0 Å². The molecule has 1 aromatic carbocycles. The van der Waals surface area contributed by atoms with E-state index in [2.05, 4.69) is 15.3 Å². The highest BCUT2D eigenvalue weighted by Gasteiger charge is 2.19. The summed E-state index contributed by atoms with van der Waals surface area (Å²) in [6.45, 7) is 0.773. The van der Waals surface area contributed by atoms with Crippen molar-refractivity contribution in [2.75, 3.05) is 39.5 Å². The Balaban J connectivity index is 1.76. The number of aromatic nitrogens is 2. The van der Waals surface area contributed by atoms with Crippen molar-refractivity contribution in [2.45, 2.75) is 10.8 Å². The lowest BCUT2D eigenvalue weighted by Gasteiger charge is -2.14. The van der Waals surface area contributed by atoms with Gasteiger partial charge in [-0.2, -0.15) is 0 Å². The monoisotopic (exact) mass is 471 g/mol. The molecule has 1 amide bonds.